The second-order valence-electron chi connectivity index (χ2n) is 3.21. The summed E-state index contributed by atoms with van der Waals surface area (Å²) in [6, 6.07) is 4.49. The summed E-state index contributed by atoms with van der Waals surface area (Å²) in [7, 11) is 0. The SMILES string of the molecule is CC(=O)C(Br)c1ccc(SC(F)(F)F)c(I)c1. The van der Waals surface area contributed by atoms with Gasteiger partial charge in [0.05, 0.1) is 4.83 Å². The smallest absolute Gasteiger partial charge is 0.298 e. The summed E-state index contributed by atoms with van der Waals surface area (Å²) in [5.74, 6) is -0.0861. The fourth-order valence-corrected chi connectivity index (χ4v) is 2.81. The van der Waals surface area contributed by atoms with E-state index in [1.165, 1.54) is 19.1 Å². The van der Waals surface area contributed by atoms with Gasteiger partial charge < -0.3 is 0 Å². The van der Waals surface area contributed by atoms with Gasteiger partial charge in [-0.05, 0) is 59.0 Å². The van der Waals surface area contributed by atoms with Crippen LogP contribution in [-0.4, -0.2) is 11.3 Å². The molecule has 1 rings (SSSR count). The van der Waals surface area contributed by atoms with Crippen molar-refractivity contribution in [2.75, 3.05) is 0 Å². The normalized spacial score (nSPS) is 13.5. The molecule has 0 saturated carbocycles. The fourth-order valence-electron chi connectivity index (χ4n) is 1.12. The number of alkyl halides is 4. The number of halogens is 5. The van der Waals surface area contributed by atoms with Crippen molar-refractivity contribution < 1.29 is 18.0 Å². The molecule has 7 heteroatoms. The van der Waals surface area contributed by atoms with Crippen molar-refractivity contribution in [2.24, 2.45) is 0 Å². The van der Waals surface area contributed by atoms with Crippen molar-refractivity contribution >= 4 is 56.1 Å². The molecule has 0 bridgehead atoms. The Morgan fingerprint density at radius 2 is 2.06 bits per heavy atom. The van der Waals surface area contributed by atoms with Gasteiger partial charge >= 0.3 is 5.51 Å². The van der Waals surface area contributed by atoms with Crippen molar-refractivity contribution in [2.45, 2.75) is 22.2 Å². The number of hydrogen-bond acceptors (Lipinski definition) is 2. The fraction of sp³-hybridized carbons (Fsp3) is 0.300. The van der Waals surface area contributed by atoms with Crippen molar-refractivity contribution in [1.82, 2.24) is 0 Å². The van der Waals surface area contributed by atoms with Crippen LogP contribution in [0.1, 0.15) is 17.3 Å². The molecular formula is C10H7BrF3IOS. The second kappa shape index (κ2) is 5.92. The van der Waals surface area contributed by atoms with Crippen LogP contribution in [0.3, 0.4) is 0 Å². The van der Waals surface area contributed by atoms with E-state index in [2.05, 4.69) is 15.9 Å². The third-order valence-corrected chi connectivity index (χ3v) is 5.07. The summed E-state index contributed by atoms with van der Waals surface area (Å²) < 4.78 is 37.1. The van der Waals surface area contributed by atoms with Gasteiger partial charge in [0.25, 0.3) is 0 Å². The number of carbonyl (C=O) groups is 1. The zero-order chi connectivity index (χ0) is 13.2. The maximum Gasteiger partial charge on any atom is 0.446 e. The highest BCUT2D eigenvalue weighted by Gasteiger charge is 2.30. The first-order valence-corrected chi connectivity index (χ1v) is 7.21. The first-order chi connectivity index (χ1) is 7.70. The topological polar surface area (TPSA) is 17.1 Å². The first-order valence-electron chi connectivity index (χ1n) is 4.40. The minimum Gasteiger partial charge on any atom is -0.298 e. The Labute approximate surface area is 123 Å². The van der Waals surface area contributed by atoms with Crippen LogP contribution in [0.25, 0.3) is 0 Å². The molecule has 17 heavy (non-hydrogen) atoms. The zero-order valence-electron chi connectivity index (χ0n) is 8.52. The molecule has 0 heterocycles. The third kappa shape index (κ3) is 4.78. The van der Waals surface area contributed by atoms with Gasteiger partial charge in [0.2, 0.25) is 0 Å². The van der Waals surface area contributed by atoms with Gasteiger partial charge in [-0.3, -0.25) is 4.79 Å². The third-order valence-electron chi connectivity index (χ3n) is 1.83. The summed E-state index contributed by atoms with van der Waals surface area (Å²) in [5.41, 5.74) is -3.64. The minimum atomic E-state index is -4.30. The predicted octanol–water partition coefficient (Wildman–Crippen LogP) is 4.93. The van der Waals surface area contributed by atoms with Crippen LogP contribution in [-0.2, 0) is 4.79 Å². The highest BCUT2D eigenvalue weighted by molar-refractivity contribution is 14.1. The summed E-state index contributed by atoms with van der Waals surface area (Å²) >= 11 is 4.87. The number of rotatable bonds is 3. The summed E-state index contributed by atoms with van der Waals surface area (Å²) in [6.45, 7) is 1.42. The lowest BCUT2D eigenvalue weighted by Gasteiger charge is -2.11. The minimum absolute atomic E-state index is 0.0861. The number of thioether (sulfide) groups is 1. The van der Waals surface area contributed by atoms with E-state index in [-0.39, 0.29) is 22.4 Å². The summed E-state index contributed by atoms with van der Waals surface area (Å²) in [4.78, 5) is 10.8. The molecule has 0 fully saturated rings. The number of hydrogen-bond donors (Lipinski definition) is 0. The van der Waals surface area contributed by atoms with Crippen molar-refractivity contribution in [3.8, 4) is 0 Å². The van der Waals surface area contributed by atoms with Crippen LogP contribution in [0, 0.1) is 3.57 Å². The van der Waals surface area contributed by atoms with Crippen LogP contribution in [0.5, 0.6) is 0 Å². The zero-order valence-corrected chi connectivity index (χ0v) is 13.1. The lowest BCUT2D eigenvalue weighted by Crippen LogP contribution is -2.03. The van der Waals surface area contributed by atoms with Crippen molar-refractivity contribution in [1.29, 1.82) is 0 Å². The lowest BCUT2D eigenvalue weighted by atomic mass is 10.1. The van der Waals surface area contributed by atoms with E-state index < -0.39 is 10.3 Å². The standard InChI is InChI=1S/C10H7BrF3IOS/c1-5(16)9(11)6-2-3-8(7(15)4-6)17-10(12,13)14/h2-4,9H,1H3. The molecule has 0 aliphatic rings. The number of benzene rings is 1. The highest BCUT2D eigenvalue weighted by Crippen LogP contribution is 2.40. The molecular weight excluding hydrogens is 432 g/mol. The monoisotopic (exact) mass is 438 g/mol. The van der Waals surface area contributed by atoms with E-state index in [1.807, 2.05) is 22.6 Å². The molecule has 0 aliphatic carbocycles. The van der Waals surface area contributed by atoms with Crippen LogP contribution in [0.15, 0.2) is 23.1 Å². The van der Waals surface area contributed by atoms with E-state index in [0.717, 1.165) is 0 Å². The molecule has 94 valence electrons. The molecule has 1 atom stereocenters. The van der Waals surface area contributed by atoms with Gasteiger partial charge in [-0.2, -0.15) is 13.2 Å². The Kier molecular flexibility index (Phi) is 5.33. The predicted molar refractivity (Wildman–Crippen MR) is 73.4 cm³/mol. The van der Waals surface area contributed by atoms with Gasteiger partial charge in [-0.15, -0.1) is 0 Å². The molecule has 1 aromatic carbocycles. The Balaban J connectivity index is 2.98. The van der Waals surface area contributed by atoms with Crippen LogP contribution >= 0.6 is 50.3 Å². The molecule has 0 N–H and O–H groups in total. The van der Waals surface area contributed by atoms with Crippen LogP contribution in [0.2, 0.25) is 0 Å². The van der Waals surface area contributed by atoms with E-state index in [1.54, 1.807) is 6.07 Å². The number of ketones is 1. The molecule has 0 saturated heterocycles. The van der Waals surface area contributed by atoms with Crippen molar-refractivity contribution in [3.63, 3.8) is 0 Å². The highest BCUT2D eigenvalue weighted by atomic mass is 127. The molecule has 1 unspecified atom stereocenters. The molecule has 0 spiro atoms. The van der Waals surface area contributed by atoms with Crippen molar-refractivity contribution in [3.05, 3.63) is 27.3 Å². The molecule has 1 nitrogen and oxygen atoms in total. The Bertz CT molecular complexity index is 436. The van der Waals surface area contributed by atoms with E-state index in [0.29, 0.717) is 9.13 Å². The van der Waals surface area contributed by atoms with Crippen LogP contribution < -0.4 is 0 Å². The molecule has 0 amide bonds. The number of Topliss-reactive ketones (excluding diaryl/α,β-unsaturated/α-hetero) is 1. The molecule has 0 aliphatic heterocycles. The Hall–Kier alpha value is 0.240. The molecule has 0 radical (unpaired) electrons. The van der Waals surface area contributed by atoms with Gasteiger partial charge in [0.1, 0.15) is 5.78 Å². The summed E-state index contributed by atoms with van der Waals surface area (Å²) in [6.07, 6.45) is 0. The maximum atomic E-state index is 12.2. The van der Waals surface area contributed by atoms with E-state index in [4.69, 9.17) is 0 Å². The average Bonchev–Trinajstić information content (AvgIpc) is 2.18. The first kappa shape index (κ1) is 15.3. The lowest BCUT2D eigenvalue weighted by molar-refractivity contribution is -0.116. The van der Waals surface area contributed by atoms with E-state index in [9.17, 15) is 18.0 Å². The molecule has 0 aromatic heterocycles. The average molecular weight is 439 g/mol. The van der Waals surface area contributed by atoms with Gasteiger partial charge in [0, 0.05) is 8.47 Å². The Morgan fingerprint density at radius 3 is 2.47 bits per heavy atom. The summed E-state index contributed by atoms with van der Waals surface area (Å²) in [5, 5.41) is 0. The maximum absolute atomic E-state index is 12.2. The van der Waals surface area contributed by atoms with Crippen LogP contribution in [0.4, 0.5) is 13.2 Å². The largest absolute Gasteiger partial charge is 0.446 e. The molecule has 1 aromatic rings. The van der Waals surface area contributed by atoms with E-state index >= 15 is 0 Å². The Morgan fingerprint density at radius 1 is 1.47 bits per heavy atom. The van der Waals surface area contributed by atoms with Gasteiger partial charge in [0.15, 0.2) is 0 Å². The second-order valence-corrected chi connectivity index (χ2v) is 6.40. The number of carbonyl (C=O) groups excluding carboxylic acids is 1. The quantitative estimate of drug-likeness (QED) is 0.378. The van der Waals surface area contributed by atoms with Gasteiger partial charge in [-0.1, -0.05) is 22.0 Å². The van der Waals surface area contributed by atoms with Gasteiger partial charge in [-0.25, -0.2) is 0 Å².